The van der Waals surface area contributed by atoms with Gasteiger partial charge in [0.2, 0.25) is 0 Å². The number of hydrogen-bond acceptors (Lipinski definition) is 1. The molecule has 0 bridgehead atoms. The van der Waals surface area contributed by atoms with Crippen molar-refractivity contribution in [1.82, 2.24) is 5.32 Å². The van der Waals surface area contributed by atoms with E-state index in [0.29, 0.717) is 11.3 Å². The molecule has 112 valence electrons. The predicted molar refractivity (Wildman–Crippen MR) is 88.2 cm³/mol. The molecule has 0 atom stereocenters. The molecule has 1 saturated carbocycles. The molecule has 0 spiro atoms. The van der Waals surface area contributed by atoms with E-state index in [-0.39, 0.29) is 0 Å². The minimum Gasteiger partial charge on any atom is -0.316 e. The average Bonchev–Trinajstić information content (AvgIpc) is 2.36. The fourth-order valence-electron chi connectivity index (χ4n) is 3.17. The van der Waals surface area contributed by atoms with Crippen LogP contribution >= 0.6 is 0 Å². The van der Waals surface area contributed by atoms with Gasteiger partial charge < -0.3 is 5.32 Å². The summed E-state index contributed by atoms with van der Waals surface area (Å²) in [4.78, 5) is 0. The SMILES string of the molecule is CC(C)CNCC1(Cc2ccc(C(C)C)cc2)CCC1. The summed E-state index contributed by atoms with van der Waals surface area (Å²) in [7, 11) is 0. The second kappa shape index (κ2) is 6.76. The molecule has 0 heterocycles. The lowest BCUT2D eigenvalue weighted by molar-refractivity contribution is 0.129. The number of rotatable bonds is 7. The molecule has 0 radical (unpaired) electrons. The number of benzene rings is 1. The zero-order chi connectivity index (χ0) is 14.6. The molecule has 20 heavy (non-hydrogen) atoms. The maximum atomic E-state index is 3.68. The van der Waals surface area contributed by atoms with E-state index in [1.807, 2.05) is 0 Å². The number of nitrogens with one attached hydrogen (secondary N) is 1. The molecule has 1 nitrogen and oxygen atoms in total. The summed E-state index contributed by atoms with van der Waals surface area (Å²) in [6, 6.07) is 9.32. The molecule has 0 amide bonds. The Balaban J connectivity index is 1.92. The molecule has 1 N–H and O–H groups in total. The Labute approximate surface area is 125 Å². The van der Waals surface area contributed by atoms with E-state index in [0.717, 1.165) is 12.5 Å². The Morgan fingerprint density at radius 3 is 2.15 bits per heavy atom. The summed E-state index contributed by atoms with van der Waals surface area (Å²) in [6.07, 6.45) is 5.44. The molecular formula is C19H31N. The molecule has 1 heteroatoms. The third kappa shape index (κ3) is 4.09. The fourth-order valence-corrected chi connectivity index (χ4v) is 3.17. The Kier molecular flexibility index (Phi) is 5.26. The molecule has 1 aromatic carbocycles. The molecule has 1 fully saturated rings. The first-order valence-corrected chi connectivity index (χ1v) is 8.30. The summed E-state index contributed by atoms with van der Waals surface area (Å²) < 4.78 is 0. The average molecular weight is 273 g/mol. The second-order valence-corrected chi connectivity index (χ2v) is 7.45. The number of hydrogen-bond donors (Lipinski definition) is 1. The van der Waals surface area contributed by atoms with Crippen molar-refractivity contribution >= 4 is 0 Å². The molecule has 2 rings (SSSR count). The van der Waals surface area contributed by atoms with Crippen molar-refractivity contribution in [2.75, 3.05) is 13.1 Å². The van der Waals surface area contributed by atoms with Gasteiger partial charge >= 0.3 is 0 Å². The minimum atomic E-state index is 0.536. The second-order valence-electron chi connectivity index (χ2n) is 7.45. The lowest BCUT2D eigenvalue weighted by Gasteiger charge is -2.42. The first kappa shape index (κ1) is 15.6. The first-order valence-electron chi connectivity index (χ1n) is 8.30. The molecule has 0 aromatic heterocycles. The van der Waals surface area contributed by atoms with Gasteiger partial charge in [0.1, 0.15) is 0 Å². The van der Waals surface area contributed by atoms with Crippen molar-refractivity contribution in [1.29, 1.82) is 0 Å². The first-order chi connectivity index (χ1) is 9.51. The summed E-state index contributed by atoms with van der Waals surface area (Å²) in [5, 5.41) is 3.68. The third-order valence-corrected chi connectivity index (χ3v) is 4.69. The van der Waals surface area contributed by atoms with Gasteiger partial charge in [-0.1, -0.05) is 58.4 Å². The Bertz CT molecular complexity index is 398. The standard InChI is InChI=1S/C19H31N/c1-15(2)13-20-14-19(10-5-11-19)12-17-6-8-18(9-7-17)16(3)4/h6-9,15-16,20H,5,10-14H2,1-4H3. The van der Waals surface area contributed by atoms with Gasteiger partial charge in [-0.05, 0) is 54.2 Å². The van der Waals surface area contributed by atoms with Gasteiger partial charge in [-0.15, -0.1) is 0 Å². The Hall–Kier alpha value is -0.820. The van der Waals surface area contributed by atoms with E-state index in [9.17, 15) is 0 Å². The molecule has 1 aliphatic carbocycles. The van der Waals surface area contributed by atoms with E-state index in [2.05, 4.69) is 57.3 Å². The van der Waals surface area contributed by atoms with E-state index >= 15 is 0 Å². The van der Waals surface area contributed by atoms with Crippen LogP contribution < -0.4 is 5.32 Å². The normalized spacial score (nSPS) is 17.5. The highest BCUT2D eigenvalue weighted by atomic mass is 14.9. The zero-order valence-electron chi connectivity index (χ0n) is 13.7. The van der Waals surface area contributed by atoms with Crippen LogP contribution in [0.4, 0.5) is 0 Å². The van der Waals surface area contributed by atoms with E-state index in [1.54, 1.807) is 0 Å². The lowest BCUT2D eigenvalue weighted by atomic mass is 9.65. The van der Waals surface area contributed by atoms with Crippen LogP contribution in [0, 0.1) is 11.3 Å². The van der Waals surface area contributed by atoms with Gasteiger partial charge in [-0.25, -0.2) is 0 Å². The van der Waals surface area contributed by atoms with Crippen molar-refractivity contribution in [2.45, 2.75) is 59.3 Å². The predicted octanol–water partition coefficient (Wildman–Crippen LogP) is 4.77. The van der Waals surface area contributed by atoms with E-state index in [4.69, 9.17) is 0 Å². The van der Waals surface area contributed by atoms with Crippen LogP contribution in [0.1, 0.15) is 64.0 Å². The summed E-state index contributed by atoms with van der Waals surface area (Å²) in [5.41, 5.74) is 3.50. The van der Waals surface area contributed by atoms with E-state index < -0.39 is 0 Å². The highest BCUT2D eigenvalue weighted by Gasteiger charge is 2.36. The van der Waals surface area contributed by atoms with Gasteiger partial charge in [-0.2, -0.15) is 0 Å². The maximum Gasteiger partial charge on any atom is 0.00111 e. The van der Waals surface area contributed by atoms with Crippen LogP contribution in [-0.4, -0.2) is 13.1 Å². The van der Waals surface area contributed by atoms with Gasteiger partial charge in [-0.3, -0.25) is 0 Å². The summed E-state index contributed by atoms with van der Waals surface area (Å²) >= 11 is 0. The molecule has 0 saturated heterocycles. The van der Waals surface area contributed by atoms with Crippen LogP contribution in [0.25, 0.3) is 0 Å². The summed E-state index contributed by atoms with van der Waals surface area (Å²) in [6.45, 7) is 11.4. The minimum absolute atomic E-state index is 0.536. The Morgan fingerprint density at radius 2 is 1.70 bits per heavy atom. The van der Waals surface area contributed by atoms with Crippen molar-refractivity contribution in [2.24, 2.45) is 11.3 Å². The molecular weight excluding hydrogens is 242 g/mol. The van der Waals surface area contributed by atoms with Gasteiger partial charge in [0.25, 0.3) is 0 Å². The van der Waals surface area contributed by atoms with Crippen LogP contribution in [0.2, 0.25) is 0 Å². The van der Waals surface area contributed by atoms with Crippen LogP contribution in [0.3, 0.4) is 0 Å². The lowest BCUT2D eigenvalue weighted by Crippen LogP contribution is -2.42. The van der Waals surface area contributed by atoms with Crippen molar-refractivity contribution in [3.8, 4) is 0 Å². The highest BCUT2D eigenvalue weighted by molar-refractivity contribution is 5.26. The molecule has 0 unspecified atom stereocenters. The van der Waals surface area contributed by atoms with Crippen molar-refractivity contribution < 1.29 is 0 Å². The smallest absolute Gasteiger partial charge is 0.00111 e. The topological polar surface area (TPSA) is 12.0 Å². The fraction of sp³-hybridized carbons (Fsp3) is 0.684. The van der Waals surface area contributed by atoms with E-state index in [1.165, 1.54) is 43.4 Å². The van der Waals surface area contributed by atoms with Crippen LogP contribution in [0.15, 0.2) is 24.3 Å². The summed E-state index contributed by atoms with van der Waals surface area (Å²) in [5.74, 6) is 1.38. The van der Waals surface area contributed by atoms with Crippen LogP contribution in [-0.2, 0) is 6.42 Å². The van der Waals surface area contributed by atoms with Crippen molar-refractivity contribution in [3.05, 3.63) is 35.4 Å². The zero-order valence-corrected chi connectivity index (χ0v) is 13.7. The van der Waals surface area contributed by atoms with Gasteiger partial charge in [0.15, 0.2) is 0 Å². The molecule has 1 aliphatic rings. The monoisotopic (exact) mass is 273 g/mol. The Morgan fingerprint density at radius 1 is 1.05 bits per heavy atom. The molecule has 0 aliphatic heterocycles. The van der Waals surface area contributed by atoms with Gasteiger partial charge in [0.05, 0.1) is 0 Å². The maximum absolute atomic E-state index is 3.68. The van der Waals surface area contributed by atoms with Gasteiger partial charge in [0, 0.05) is 6.54 Å². The van der Waals surface area contributed by atoms with Crippen molar-refractivity contribution in [3.63, 3.8) is 0 Å². The third-order valence-electron chi connectivity index (χ3n) is 4.69. The largest absolute Gasteiger partial charge is 0.316 e. The quantitative estimate of drug-likeness (QED) is 0.754. The highest BCUT2D eigenvalue weighted by Crippen LogP contribution is 2.43. The van der Waals surface area contributed by atoms with Crippen LogP contribution in [0.5, 0.6) is 0 Å². The molecule has 1 aromatic rings.